The number of rotatable bonds is 2. The molecule has 1 N–H and O–H groups in total. The molecule has 4 heteroatoms. The van der Waals surface area contributed by atoms with Crippen LogP contribution in [0.2, 0.25) is 0 Å². The molecule has 0 fully saturated rings. The van der Waals surface area contributed by atoms with E-state index in [9.17, 15) is 9.18 Å². The van der Waals surface area contributed by atoms with E-state index in [2.05, 4.69) is 5.32 Å². The summed E-state index contributed by atoms with van der Waals surface area (Å²) in [6.45, 7) is 3.61. The van der Waals surface area contributed by atoms with Crippen molar-refractivity contribution >= 4 is 24.0 Å². The molecule has 1 aromatic carbocycles. The highest BCUT2D eigenvalue weighted by Gasteiger charge is 2.06. The number of carbonyl (C=O) groups excluding carboxylic acids is 1. The Morgan fingerprint density at radius 1 is 1.29 bits per heavy atom. The number of benzene rings is 1. The van der Waals surface area contributed by atoms with Crippen molar-refractivity contribution in [3.05, 3.63) is 30.1 Å². The Labute approximate surface area is 88.9 Å². The van der Waals surface area contributed by atoms with E-state index in [0.717, 1.165) is 0 Å². The van der Waals surface area contributed by atoms with Crippen molar-refractivity contribution in [2.24, 2.45) is 5.92 Å². The number of halogens is 2. The summed E-state index contributed by atoms with van der Waals surface area (Å²) in [6.07, 6.45) is 0. The first kappa shape index (κ1) is 12.9. The second-order valence-electron chi connectivity index (χ2n) is 3.15. The molecule has 0 saturated heterocycles. The lowest BCUT2D eigenvalue weighted by atomic mass is 10.2. The van der Waals surface area contributed by atoms with Crippen LogP contribution in [0, 0.1) is 11.7 Å². The molecule has 0 unspecified atom stereocenters. The molecule has 1 aromatic rings. The van der Waals surface area contributed by atoms with Crippen LogP contribution in [0.25, 0.3) is 0 Å². The Balaban J connectivity index is 0.00000169. The van der Waals surface area contributed by atoms with Gasteiger partial charge in [0.25, 0.3) is 0 Å². The zero-order chi connectivity index (χ0) is 9.84. The first-order chi connectivity index (χ1) is 6.09. The van der Waals surface area contributed by atoms with Crippen LogP contribution in [-0.2, 0) is 4.79 Å². The fraction of sp³-hybridized carbons (Fsp3) is 0.300. The van der Waals surface area contributed by atoms with Gasteiger partial charge in [-0.05, 0) is 24.3 Å². The molecule has 2 nitrogen and oxygen atoms in total. The largest absolute Gasteiger partial charge is 0.326 e. The molecular weight excluding hydrogens is 205 g/mol. The SMILES string of the molecule is CC(C)C(=O)Nc1ccc(F)cc1.Cl. The van der Waals surface area contributed by atoms with Crippen molar-refractivity contribution < 1.29 is 9.18 Å². The lowest BCUT2D eigenvalue weighted by Crippen LogP contribution is -2.17. The van der Waals surface area contributed by atoms with Gasteiger partial charge in [-0.3, -0.25) is 4.79 Å². The number of hydrogen-bond donors (Lipinski definition) is 1. The minimum absolute atomic E-state index is 0. The zero-order valence-electron chi connectivity index (χ0n) is 8.08. The van der Waals surface area contributed by atoms with Crippen molar-refractivity contribution in [3.63, 3.8) is 0 Å². The van der Waals surface area contributed by atoms with Crippen molar-refractivity contribution in [1.29, 1.82) is 0 Å². The van der Waals surface area contributed by atoms with Crippen LogP contribution in [0.4, 0.5) is 10.1 Å². The van der Waals surface area contributed by atoms with Gasteiger partial charge in [0, 0.05) is 11.6 Å². The normalized spacial score (nSPS) is 9.43. The average molecular weight is 218 g/mol. The van der Waals surface area contributed by atoms with Crippen LogP contribution >= 0.6 is 12.4 Å². The molecule has 0 atom stereocenters. The molecule has 0 heterocycles. The van der Waals surface area contributed by atoms with Gasteiger partial charge in [0.05, 0.1) is 0 Å². The summed E-state index contributed by atoms with van der Waals surface area (Å²) >= 11 is 0. The molecule has 0 spiro atoms. The number of hydrogen-bond acceptors (Lipinski definition) is 1. The second-order valence-corrected chi connectivity index (χ2v) is 3.15. The van der Waals surface area contributed by atoms with Crippen molar-refractivity contribution in [2.75, 3.05) is 5.32 Å². The summed E-state index contributed by atoms with van der Waals surface area (Å²) in [7, 11) is 0. The van der Waals surface area contributed by atoms with E-state index in [1.165, 1.54) is 24.3 Å². The van der Waals surface area contributed by atoms with Crippen molar-refractivity contribution in [2.45, 2.75) is 13.8 Å². The zero-order valence-corrected chi connectivity index (χ0v) is 8.90. The average Bonchev–Trinajstić information content (AvgIpc) is 2.08. The number of nitrogens with one attached hydrogen (secondary N) is 1. The van der Waals surface area contributed by atoms with Crippen LogP contribution in [-0.4, -0.2) is 5.91 Å². The van der Waals surface area contributed by atoms with E-state index in [4.69, 9.17) is 0 Å². The van der Waals surface area contributed by atoms with Gasteiger partial charge in [-0.15, -0.1) is 12.4 Å². The van der Waals surface area contributed by atoms with Crippen molar-refractivity contribution in [1.82, 2.24) is 0 Å². The third-order valence-electron chi connectivity index (χ3n) is 1.64. The maximum absolute atomic E-state index is 12.5. The molecule has 0 saturated carbocycles. The Morgan fingerprint density at radius 2 is 1.79 bits per heavy atom. The van der Waals surface area contributed by atoms with Gasteiger partial charge in [-0.25, -0.2) is 4.39 Å². The minimum atomic E-state index is -0.303. The molecule has 1 rings (SSSR count). The van der Waals surface area contributed by atoms with Gasteiger partial charge in [0.2, 0.25) is 5.91 Å². The molecule has 0 aliphatic rings. The first-order valence-corrected chi connectivity index (χ1v) is 4.16. The van der Waals surface area contributed by atoms with E-state index in [1.54, 1.807) is 13.8 Å². The van der Waals surface area contributed by atoms with Gasteiger partial charge in [-0.2, -0.15) is 0 Å². The van der Waals surface area contributed by atoms with E-state index >= 15 is 0 Å². The molecular formula is C10H13ClFNO. The van der Waals surface area contributed by atoms with Gasteiger partial charge in [0.15, 0.2) is 0 Å². The predicted octanol–water partition coefficient (Wildman–Crippen LogP) is 2.84. The Morgan fingerprint density at radius 3 is 2.21 bits per heavy atom. The first-order valence-electron chi connectivity index (χ1n) is 4.16. The third-order valence-corrected chi connectivity index (χ3v) is 1.64. The summed E-state index contributed by atoms with van der Waals surface area (Å²) in [5.74, 6) is -0.431. The smallest absolute Gasteiger partial charge is 0.226 e. The van der Waals surface area contributed by atoms with Crippen LogP contribution in [0.15, 0.2) is 24.3 Å². The van der Waals surface area contributed by atoms with Gasteiger partial charge < -0.3 is 5.32 Å². The third kappa shape index (κ3) is 3.75. The molecule has 1 amide bonds. The molecule has 0 aliphatic heterocycles. The minimum Gasteiger partial charge on any atom is -0.326 e. The molecule has 0 aromatic heterocycles. The predicted molar refractivity (Wildman–Crippen MR) is 57.1 cm³/mol. The fourth-order valence-corrected chi connectivity index (χ4v) is 0.820. The van der Waals surface area contributed by atoms with E-state index < -0.39 is 0 Å². The van der Waals surface area contributed by atoms with Crippen LogP contribution < -0.4 is 5.32 Å². The maximum atomic E-state index is 12.5. The summed E-state index contributed by atoms with van der Waals surface area (Å²) in [5, 5.41) is 2.66. The Bertz CT molecular complexity index is 297. The van der Waals surface area contributed by atoms with Gasteiger partial charge in [-0.1, -0.05) is 13.8 Å². The van der Waals surface area contributed by atoms with E-state index in [0.29, 0.717) is 5.69 Å². The summed E-state index contributed by atoms with van der Waals surface area (Å²) in [6, 6.07) is 5.71. The van der Waals surface area contributed by atoms with E-state index in [1.807, 2.05) is 0 Å². The molecule has 14 heavy (non-hydrogen) atoms. The van der Waals surface area contributed by atoms with Gasteiger partial charge in [0.1, 0.15) is 5.82 Å². The van der Waals surface area contributed by atoms with Crippen LogP contribution in [0.5, 0.6) is 0 Å². The molecule has 0 aliphatic carbocycles. The Kier molecular flexibility index (Phi) is 5.16. The molecule has 78 valence electrons. The summed E-state index contributed by atoms with van der Waals surface area (Å²) < 4.78 is 12.5. The maximum Gasteiger partial charge on any atom is 0.226 e. The highest BCUT2D eigenvalue weighted by molar-refractivity contribution is 5.91. The highest BCUT2D eigenvalue weighted by Crippen LogP contribution is 2.09. The molecule has 0 bridgehead atoms. The second kappa shape index (κ2) is 5.60. The van der Waals surface area contributed by atoms with E-state index in [-0.39, 0.29) is 30.0 Å². The van der Waals surface area contributed by atoms with Crippen LogP contribution in [0.1, 0.15) is 13.8 Å². The topological polar surface area (TPSA) is 29.1 Å². The number of carbonyl (C=O) groups is 1. The Hall–Kier alpha value is -1.09. The van der Waals surface area contributed by atoms with Crippen LogP contribution in [0.3, 0.4) is 0 Å². The lowest BCUT2D eigenvalue weighted by molar-refractivity contribution is -0.118. The molecule has 0 radical (unpaired) electrons. The summed E-state index contributed by atoms with van der Waals surface area (Å²) in [4.78, 5) is 11.2. The number of amides is 1. The fourth-order valence-electron chi connectivity index (χ4n) is 0.820. The standard InChI is InChI=1S/C10H12FNO.ClH/c1-7(2)10(13)12-9-5-3-8(11)4-6-9;/h3-7H,1-2H3,(H,12,13);1H. The van der Waals surface area contributed by atoms with Crippen molar-refractivity contribution in [3.8, 4) is 0 Å². The highest BCUT2D eigenvalue weighted by atomic mass is 35.5. The summed E-state index contributed by atoms with van der Waals surface area (Å²) in [5.41, 5.74) is 0.625. The monoisotopic (exact) mass is 217 g/mol. The lowest BCUT2D eigenvalue weighted by Gasteiger charge is -2.06. The number of anilines is 1. The quantitative estimate of drug-likeness (QED) is 0.811. The van der Waals surface area contributed by atoms with Gasteiger partial charge >= 0.3 is 0 Å².